The number of urea groups is 1. The molecule has 36 heavy (non-hydrogen) atoms. The number of nitrogens with zero attached hydrogens (tertiary/aromatic N) is 4. The fraction of sp³-hybridized carbons (Fsp3) is 0.577. The standard InChI is InChI=1S/C26H37N7O2.ClH/c1-31(21-8-4-20(27)5-9-21)22-6-2-19-17-23(7-3-18(19)16-22)33-13-10-24(30-26(33)35)29-25(34)32-14-11-28-12-15-32;/h3,7,10,13,17,20-22,28H,2,4-6,8-9,11-12,14-16,27H2,1H3,(H,29,30,34,35);1H/t20-,21-,22?;. The zero-order valence-electron chi connectivity index (χ0n) is 21.0. The smallest absolute Gasteiger partial charge is 0.328 e. The minimum absolute atomic E-state index is 0. The van der Waals surface area contributed by atoms with Crippen LogP contribution < -0.4 is 22.1 Å². The third-order valence-corrected chi connectivity index (χ3v) is 8.01. The van der Waals surface area contributed by atoms with Gasteiger partial charge in [0.15, 0.2) is 0 Å². The van der Waals surface area contributed by atoms with E-state index >= 15 is 0 Å². The fourth-order valence-electron chi connectivity index (χ4n) is 5.75. The van der Waals surface area contributed by atoms with E-state index in [1.54, 1.807) is 21.7 Å². The van der Waals surface area contributed by atoms with Crippen LogP contribution in [0, 0.1) is 0 Å². The maximum absolute atomic E-state index is 12.8. The number of carbonyl (C=O) groups excluding carboxylic acids is 1. The van der Waals surface area contributed by atoms with Gasteiger partial charge < -0.3 is 20.9 Å². The van der Waals surface area contributed by atoms with Gasteiger partial charge in [0.2, 0.25) is 0 Å². The van der Waals surface area contributed by atoms with Crippen molar-refractivity contribution >= 4 is 24.3 Å². The number of rotatable bonds is 4. The van der Waals surface area contributed by atoms with Gasteiger partial charge in [0.25, 0.3) is 0 Å². The van der Waals surface area contributed by atoms with E-state index in [-0.39, 0.29) is 24.3 Å². The highest BCUT2D eigenvalue weighted by atomic mass is 35.5. The SMILES string of the molecule is CN(C1CCc2cc(-n3ccc(NC(=O)N4CCNCC4)nc3=O)ccc2C1)[C@H]1CC[C@H](N)CC1.Cl. The second-order valence-corrected chi connectivity index (χ2v) is 10.2. The van der Waals surface area contributed by atoms with Crippen LogP contribution in [-0.4, -0.2) is 76.7 Å². The zero-order chi connectivity index (χ0) is 24.4. The molecule has 1 unspecified atom stereocenters. The number of carbonyl (C=O) groups is 1. The summed E-state index contributed by atoms with van der Waals surface area (Å²) in [6, 6.07) is 9.30. The summed E-state index contributed by atoms with van der Waals surface area (Å²) in [5.41, 5.74) is 9.19. The van der Waals surface area contributed by atoms with Crippen LogP contribution in [0.4, 0.5) is 10.6 Å². The van der Waals surface area contributed by atoms with E-state index in [4.69, 9.17) is 5.73 Å². The van der Waals surface area contributed by atoms with Crippen molar-refractivity contribution in [2.45, 2.75) is 63.1 Å². The molecule has 3 aliphatic rings. The van der Waals surface area contributed by atoms with Gasteiger partial charge in [-0.15, -0.1) is 12.4 Å². The number of amides is 2. The Hall–Kier alpha value is -2.46. The first-order valence-corrected chi connectivity index (χ1v) is 12.9. The van der Waals surface area contributed by atoms with Gasteiger partial charge in [-0.25, -0.2) is 9.59 Å². The van der Waals surface area contributed by atoms with Crippen LogP contribution in [-0.2, 0) is 12.8 Å². The zero-order valence-corrected chi connectivity index (χ0v) is 21.8. The quantitative estimate of drug-likeness (QED) is 0.576. The van der Waals surface area contributed by atoms with Gasteiger partial charge in [0.05, 0.1) is 5.69 Å². The number of hydrogen-bond acceptors (Lipinski definition) is 6. The highest BCUT2D eigenvalue weighted by molar-refractivity contribution is 5.88. The van der Waals surface area contributed by atoms with Crippen LogP contribution in [0.3, 0.4) is 0 Å². The predicted octanol–water partition coefficient (Wildman–Crippen LogP) is 2.15. The van der Waals surface area contributed by atoms with Crippen molar-refractivity contribution in [2.24, 2.45) is 5.73 Å². The van der Waals surface area contributed by atoms with Crippen molar-refractivity contribution in [1.82, 2.24) is 24.7 Å². The summed E-state index contributed by atoms with van der Waals surface area (Å²) in [4.78, 5) is 33.6. The third kappa shape index (κ3) is 5.91. The molecule has 0 radical (unpaired) electrons. The number of likely N-dealkylation sites (N-methyl/N-ethyl adjacent to an activating group) is 1. The molecule has 1 aromatic heterocycles. The average molecular weight is 516 g/mol. The van der Waals surface area contributed by atoms with E-state index in [1.807, 2.05) is 6.07 Å². The highest BCUT2D eigenvalue weighted by Gasteiger charge is 2.29. The van der Waals surface area contributed by atoms with Crippen LogP contribution in [0.5, 0.6) is 0 Å². The molecule has 2 aliphatic carbocycles. The molecule has 0 spiro atoms. The normalized spacial score (nSPS) is 24.1. The number of hydrogen-bond donors (Lipinski definition) is 3. The van der Waals surface area contributed by atoms with Crippen molar-refractivity contribution in [3.63, 3.8) is 0 Å². The number of fused-ring (bicyclic) bond motifs is 1. The summed E-state index contributed by atoms with van der Waals surface area (Å²) in [6.45, 7) is 2.83. The van der Waals surface area contributed by atoms with Gasteiger partial charge in [0.1, 0.15) is 5.82 Å². The molecule has 1 saturated heterocycles. The second kappa shape index (κ2) is 11.7. The Morgan fingerprint density at radius 1 is 1.08 bits per heavy atom. The van der Waals surface area contributed by atoms with E-state index < -0.39 is 5.69 Å². The first-order chi connectivity index (χ1) is 17.0. The van der Waals surface area contributed by atoms with Crippen molar-refractivity contribution < 1.29 is 4.79 Å². The lowest BCUT2D eigenvalue weighted by Crippen LogP contribution is -2.48. The summed E-state index contributed by atoms with van der Waals surface area (Å²) in [7, 11) is 2.28. The maximum atomic E-state index is 12.8. The molecule has 1 aromatic carbocycles. The van der Waals surface area contributed by atoms with E-state index in [0.29, 0.717) is 31.2 Å². The van der Waals surface area contributed by atoms with E-state index in [9.17, 15) is 9.59 Å². The highest BCUT2D eigenvalue weighted by Crippen LogP contribution is 2.30. The van der Waals surface area contributed by atoms with Gasteiger partial charge >= 0.3 is 11.7 Å². The Morgan fingerprint density at radius 2 is 1.83 bits per heavy atom. The molecule has 10 heteroatoms. The lowest BCUT2D eigenvalue weighted by atomic mass is 9.84. The molecule has 4 N–H and O–H groups in total. The Bertz CT molecular complexity index is 1110. The molecular weight excluding hydrogens is 478 g/mol. The number of piperazine rings is 1. The maximum Gasteiger partial charge on any atom is 0.354 e. The van der Waals surface area contributed by atoms with Gasteiger partial charge in [-0.1, -0.05) is 6.07 Å². The van der Waals surface area contributed by atoms with Crippen molar-refractivity contribution in [3.05, 3.63) is 52.1 Å². The largest absolute Gasteiger partial charge is 0.354 e. The Labute approximate surface area is 218 Å². The number of anilines is 1. The average Bonchev–Trinajstić information content (AvgIpc) is 2.89. The van der Waals surface area contributed by atoms with Gasteiger partial charge in [-0.05, 0) is 81.3 Å². The van der Waals surface area contributed by atoms with Crippen LogP contribution in [0.15, 0.2) is 35.3 Å². The summed E-state index contributed by atoms with van der Waals surface area (Å²) >= 11 is 0. The number of halogens is 1. The van der Waals surface area contributed by atoms with Gasteiger partial charge in [-0.3, -0.25) is 9.88 Å². The Kier molecular flexibility index (Phi) is 8.66. The van der Waals surface area contributed by atoms with E-state index in [2.05, 4.69) is 39.7 Å². The Morgan fingerprint density at radius 3 is 2.56 bits per heavy atom. The summed E-state index contributed by atoms with van der Waals surface area (Å²) in [5.74, 6) is 0.280. The molecule has 2 amide bonds. The van der Waals surface area contributed by atoms with E-state index in [0.717, 1.165) is 50.9 Å². The fourth-order valence-corrected chi connectivity index (χ4v) is 5.75. The van der Waals surface area contributed by atoms with Crippen LogP contribution >= 0.6 is 12.4 Å². The second-order valence-electron chi connectivity index (χ2n) is 10.2. The molecule has 5 rings (SSSR count). The van der Waals surface area contributed by atoms with Crippen molar-refractivity contribution in [2.75, 3.05) is 38.5 Å². The number of aromatic nitrogens is 2. The lowest BCUT2D eigenvalue weighted by molar-refractivity contribution is 0.122. The molecule has 196 valence electrons. The summed E-state index contributed by atoms with van der Waals surface area (Å²) < 4.78 is 1.55. The molecule has 1 atom stereocenters. The predicted molar refractivity (Wildman–Crippen MR) is 144 cm³/mol. The monoisotopic (exact) mass is 515 g/mol. The molecule has 1 saturated carbocycles. The minimum atomic E-state index is -0.396. The summed E-state index contributed by atoms with van der Waals surface area (Å²) in [6.07, 6.45) is 9.51. The van der Waals surface area contributed by atoms with Crippen LogP contribution in [0.1, 0.15) is 43.2 Å². The first kappa shape index (κ1) is 26.6. The molecule has 9 nitrogen and oxygen atoms in total. The lowest BCUT2D eigenvalue weighted by Gasteiger charge is -2.40. The molecule has 2 fully saturated rings. The van der Waals surface area contributed by atoms with Crippen molar-refractivity contribution in [1.29, 1.82) is 0 Å². The van der Waals surface area contributed by atoms with Gasteiger partial charge in [0, 0.05) is 50.5 Å². The van der Waals surface area contributed by atoms with Gasteiger partial charge in [-0.2, -0.15) is 4.98 Å². The Balaban J connectivity index is 0.00000304. The minimum Gasteiger partial charge on any atom is -0.328 e. The number of nitrogens with two attached hydrogens (primary N) is 1. The summed E-state index contributed by atoms with van der Waals surface area (Å²) in [5, 5.41) is 5.97. The molecule has 0 bridgehead atoms. The molecular formula is C26H38ClN7O2. The molecule has 2 aromatic rings. The first-order valence-electron chi connectivity index (χ1n) is 12.9. The topological polar surface area (TPSA) is 109 Å². The molecule has 2 heterocycles. The third-order valence-electron chi connectivity index (χ3n) is 8.01. The van der Waals surface area contributed by atoms with Crippen molar-refractivity contribution in [3.8, 4) is 5.69 Å². The number of aryl methyl sites for hydroxylation is 1. The number of nitrogens with one attached hydrogen (secondary N) is 2. The van der Waals surface area contributed by atoms with E-state index in [1.165, 1.54) is 24.0 Å². The molecule has 1 aliphatic heterocycles. The van der Waals surface area contributed by atoms with Crippen LogP contribution in [0.2, 0.25) is 0 Å². The number of benzene rings is 1. The van der Waals surface area contributed by atoms with Crippen LogP contribution in [0.25, 0.3) is 5.69 Å².